The number of amides is 1. The van der Waals surface area contributed by atoms with E-state index in [9.17, 15) is 4.79 Å². The van der Waals surface area contributed by atoms with E-state index in [0.717, 1.165) is 10.6 Å². The van der Waals surface area contributed by atoms with Crippen molar-refractivity contribution in [2.45, 2.75) is 13.5 Å². The summed E-state index contributed by atoms with van der Waals surface area (Å²) in [4.78, 5) is 16.5. The summed E-state index contributed by atoms with van der Waals surface area (Å²) < 4.78 is 10.6. The number of carbonyl (C=O) groups excluding carboxylic acids is 1. The van der Waals surface area contributed by atoms with Gasteiger partial charge in [-0.05, 0) is 29.6 Å². The normalized spacial score (nSPS) is 10.4. The van der Waals surface area contributed by atoms with E-state index in [1.165, 1.54) is 6.92 Å². The van der Waals surface area contributed by atoms with Crippen molar-refractivity contribution >= 4 is 28.6 Å². The van der Waals surface area contributed by atoms with Crippen LogP contribution in [-0.4, -0.2) is 23.2 Å². The molecule has 2 heterocycles. The van der Waals surface area contributed by atoms with Gasteiger partial charge >= 0.3 is 0 Å². The summed E-state index contributed by atoms with van der Waals surface area (Å²) in [5.41, 5.74) is 1.40. The SMILES string of the molecule is COc1ccc(NC(C)=O)cc1NCc1nc(-c2cccs2)no1. The van der Waals surface area contributed by atoms with Crippen LogP contribution in [0.15, 0.2) is 40.2 Å². The van der Waals surface area contributed by atoms with Crippen LogP contribution in [0.1, 0.15) is 12.8 Å². The fourth-order valence-corrected chi connectivity index (χ4v) is 2.78. The van der Waals surface area contributed by atoms with E-state index in [-0.39, 0.29) is 5.91 Å². The molecule has 2 N–H and O–H groups in total. The minimum absolute atomic E-state index is 0.136. The second-order valence-electron chi connectivity index (χ2n) is 4.94. The maximum absolute atomic E-state index is 11.2. The average molecular weight is 344 g/mol. The Labute approximate surface area is 142 Å². The first kappa shape index (κ1) is 16.0. The van der Waals surface area contributed by atoms with Crippen molar-refractivity contribution in [2.75, 3.05) is 17.7 Å². The number of nitrogens with zero attached hydrogens (tertiary/aromatic N) is 2. The predicted molar refractivity (Wildman–Crippen MR) is 92.2 cm³/mol. The van der Waals surface area contributed by atoms with Gasteiger partial charge < -0.3 is 19.9 Å². The van der Waals surface area contributed by atoms with E-state index in [1.807, 2.05) is 17.5 Å². The Hall–Kier alpha value is -2.87. The van der Waals surface area contributed by atoms with Gasteiger partial charge in [-0.2, -0.15) is 4.98 Å². The van der Waals surface area contributed by atoms with Gasteiger partial charge in [0.05, 0.1) is 24.2 Å². The van der Waals surface area contributed by atoms with E-state index in [1.54, 1.807) is 36.6 Å². The Morgan fingerprint density at radius 1 is 1.38 bits per heavy atom. The van der Waals surface area contributed by atoms with Crippen LogP contribution in [0.4, 0.5) is 11.4 Å². The van der Waals surface area contributed by atoms with Gasteiger partial charge in [-0.15, -0.1) is 11.3 Å². The Morgan fingerprint density at radius 3 is 2.96 bits per heavy atom. The lowest BCUT2D eigenvalue weighted by molar-refractivity contribution is -0.114. The zero-order chi connectivity index (χ0) is 16.9. The lowest BCUT2D eigenvalue weighted by atomic mass is 10.2. The summed E-state index contributed by atoms with van der Waals surface area (Å²) in [5, 5.41) is 11.8. The van der Waals surface area contributed by atoms with Gasteiger partial charge in [-0.1, -0.05) is 11.2 Å². The number of benzene rings is 1. The Bertz CT molecular complexity index is 830. The standard InChI is InChI=1S/C16H16N4O3S/c1-10(21)18-11-5-6-13(22-2)12(8-11)17-9-15-19-16(20-23-15)14-4-3-7-24-14/h3-8,17H,9H2,1-2H3,(H,18,21). The fourth-order valence-electron chi connectivity index (χ4n) is 2.13. The highest BCUT2D eigenvalue weighted by molar-refractivity contribution is 7.13. The third-order valence-electron chi connectivity index (χ3n) is 3.16. The molecule has 0 unspecified atom stereocenters. The molecule has 0 spiro atoms. The number of anilines is 2. The van der Waals surface area contributed by atoms with Gasteiger partial charge in [0.15, 0.2) is 0 Å². The molecule has 0 fully saturated rings. The number of carbonyl (C=O) groups is 1. The van der Waals surface area contributed by atoms with Crippen molar-refractivity contribution in [3.05, 3.63) is 41.6 Å². The molecule has 2 aromatic heterocycles. The topological polar surface area (TPSA) is 89.3 Å². The first-order chi connectivity index (χ1) is 11.7. The molecule has 1 amide bonds. The zero-order valence-electron chi connectivity index (χ0n) is 13.2. The van der Waals surface area contributed by atoms with E-state index >= 15 is 0 Å². The number of thiophene rings is 1. The van der Waals surface area contributed by atoms with Crippen molar-refractivity contribution in [1.82, 2.24) is 10.1 Å². The largest absolute Gasteiger partial charge is 0.495 e. The van der Waals surface area contributed by atoms with E-state index in [4.69, 9.17) is 9.26 Å². The van der Waals surface area contributed by atoms with Crippen LogP contribution >= 0.6 is 11.3 Å². The summed E-state index contributed by atoms with van der Waals surface area (Å²) in [7, 11) is 1.58. The van der Waals surface area contributed by atoms with Gasteiger partial charge in [0.1, 0.15) is 5.75 Å². The number of methoxy groups -OCH3 is 1. The molecule has 0 aliphatic heterocycles. The minimum atomic E-state index is -0.136. The molecule has 1 aromatic carbocycles. The molecule has 0 bridgehead atoms. The second kappa shape index (κ2) is 7.14. The van der Waals surface area contributed by atoms with Crippen LogP contribution in [0.5, 0.6) is 5.75 Å². The number of nitrogens with one attached hydrogen (secondary N) is 2. The van der Waals surface area contributed by atoms with Crippen molar-refractivity contribution in [2.24, 2.45) is 0 Å². The first-order valence-corrected chi connectivity index (χ1v) is 8.09. The number of rotatable bonds is 6. The predicted octanol–water partition coefficient (Wildman–Crippen LogP) is 3.38. The molecule has 0 saturated heterocycles. The highest BCUT2D eigenvalue weighted by Crippen LogP contribution is 2.28. The Kier molecular flexibility index (Phi) is 4.76. The smallest absolute Gasteiger partial charge is 0.246 e. The van der Waals surface area contributed by atoms with Gasteiger partial charge in [0, 0.05) is 12.6 Å². The molecule has 0 saturated carbocycles. The van der Waals surface area contributed by atoms with Gasteiger partial charge in [0.25, 0.3) is 0 Å². The maximum atomic E-state index is 11.2. The molecule has 0 radical (unpaired) electrons. The molecule has 124 valence electrons. The molecular weight excluding hydrogens is 328 g/mol. The van der Waals surface area contributed by atoms with Crippen LogP contribution in [0.2, 0.25) is 0 Å². The molecule has 0 aliphatic rings. The first-order valence-electron chi connectivity index (χ1n) is 7.21. The third kappa shape index (κ3) is 3.72. The van der Waals surface area contributed by atoms with Gasteiger partial charge in [0.2, 0.25) is 17.6 Å². The van der Waals surface area contributed by atoms with Crippen LogP contribution in [0.3, 0.4) is 0 Å². The zero-order valence-corrected chi connectivity index (χ0v) is 14.0. The number of ether oxygens (including phenoxy) is 1. The molecule has 7 nitrogen and oxygen atoms in total. The molecule has 24 heavy (non-hydrogen) atoms. The lowest BCUT2D eigenvalue weighted by Crippen LogP contribution is -2.07. The minimum Gasteiger partial charge on any atom is -0.495 e. The molecular formula is C16H16N4O3S. The monoisotopic (exact) mass is 344 g/mol. The lowest BCUT2D eigenvalue weighted by Gasteiger charge is -2.12. The third-order valence-corrected chi connectivity index (χ3v) is 4.03. The molecule has 3 aromatic rings. The molecule has 3 rings (SSSR count). The summed E-state index contributed by atoms with van der Waals surface area (Å²) in [6.45, 7) is 1.81. The second-order valence-corrected chi connectivity index (χ2v) is 5.89. The Morgan fingerprint density at radius 2 is 2.25 bits per heavy atom. The fraction of sp³-hybridized carbons (Fsp3) is 0.188. The van der Waals surface area contributed by atoms with Crippen LogP contribution < -0.4 is 15.4 Å². The van der Waals surface area contributed by atoms with E-state index in [2.05, 4.69) is 20.8 Å². The summed E-state index contributed by atoms with van der Waals surface area (Å²) in [6.07, 6.45) is 0. The number of aromatic nitrogens is 2. The van der Waals surface area contributed by atoms with Gasteiger partial charge in [-0.3, -0.25) is 4.79 Å². The molecule has 0 aliphatic carbocycles. The van der Waals surface area contributed by atoms with E-state index in [0.29, 0.717) is 29.7 Å². The summed E-state index contributed by atoms with van der Waals surface area (Å²) >= 11 is 1.55. The van der Waals surface area contributed by atoms with Crippen molar-refractivity contribution in [3.8, 4) is 16.5 Å². The number of hydrogen-bond donors (Lipinski definition) is 2. The molecule has 0 atom stereocenters. The van der Waals surface area contributed by atoms with Crippen LogP contribution in [0, 0.1) is 0 Å². The van der Waals surface area contributed by atoms with Crippen LogP contribution in [-0.2, 0) is 11.3 Å². The molecule has 8 heteroatoms. The number of hydrogen-bond acceptors (Lipinski definition) is 7. The van der Waals surface area contributed by atoms with Crippen molar-refractivity contribution in [1.29, 1.82) is 0 Å². The van der Waals surface area contributed by atoms with E-state index < -0.39 is 0 Å². The highest BCUT2D eigenvalue weighted by atomic mass is 32.1. The summed E-state index contributed by atoms with van der Waals surface area (Å²) in [5.74, 6) is 1.55. The van der Waals surface area contributed by atoms with Gasteiger partial charge in [-0.25, -0.2) is 0 Å². The maximum Gasteiger partial charge on any atom is 0.246 e. The summed E-state index contributed by atoms with van der Waals surface area (Å²) in [6, 6.07) is 9.21. The average Bonchev–Trinajstić information content (AvgIpc) is 3.23. The van der Waals surface area contributed by atoms with Crippen molar-refractivity contribution < 1.29 is 14.1 Å². The van der Waals surface area contributed by atoms with Crippen LogP contribution in [0.25, 0.3) is 10.7 Å². The Balaban J connectivity index is 1.72. The highest BCUT2D eigenvalue weighted by Gasteiger charge is 2.11. The van der Waals surface area contributed by atoms with Crippen molar-refractivity contribution in [3.63, 3.8) is 0 Å². The quantitative estimate of drug-likeness (QED) is 0.712.